The smallest absolute Gasteiger partial charge is 0.244 e. The zero-order chi connectivity index (χ0) is 15.8. The molecule has 21 heavy (non-hydrogen) atoms. The Morgan fingerprint density at radius 2 is 1.76 bits per heavy atom. The van der Waals surface area contributed by atoms with Crippen molar-refractivity contribution in [2.45, 2.75) is 36.8 Å². The molecule has 1 saturated heterocycles. The Hall–Kier alpha value is -0.0400. The highest BCUT2D eigenvalue weighted by atomic mass is 35.5. The van der Waals surface area contributed by atoms with Gasteiger partial charge >= 0.3 is 0 Å². The van der Waals surface area contributed by atoms with E-state index in [0.29, 0.717) is 23.7 Å². The third-order valence-corrected chi connectivity index (χ3v) is 6.18. The molecule has 0 radical (unpaired) electrons. The molecule has 1 aliphatic heterocycles. The predicted molar refractivity (Wildman–Crippen MR) is 84.8 cm³/mol. The van der Waals surface area contributed by atoms with Crippen LogP contribution in [0.2, 0.25) is 10.0 Å². The lowest BCUT2D eigenvalue weighted by Crippen LogP contribution is -2.48. The summed E-state index contributed by atoms with van der Waals surface area (Å²) in [5.41, 5.74) is 0.538. The van der Waals surface area contributed by atoms with Crippen LogP contribution in [0.1, 0.15) is 19.4 Å². The number of rotatable bonds is 3. The van der Waals surface area contributed by atoms with Crippen molar-refractivity contribution in [2.24, 2.45) is 0 Å². The van der Waals surface area contributed by atoms with E-state index in [1.807, 2.05) is 13.8 Å². The van der Waals surface area contributed by atoms with Gasteiger partial charge in [-0.15, -0.1) is 11.6 Å². The molecule has 0 unspecified atom stereocenters. The number of morpholine rings is 1. The summed E-state index contributed by atoms with van der Waals surface area (Å²) in [5.74, 6) is 0.119. The van der Waals surface area contributed by atoms with Gasteiger partial charge in [0.15, 0.2) is 0 Å². The Balaban J connectivity index is 2.44. The molecule has 0 bridgehead atoms. The molecule has 118 valence electrons. The molecule has 1 heterocycles. The van der Waals surface area contributed by atoms with Gasteiger partial charge in [-0.3, -0.25) is 0 Å². The van der Waals surface area contributed by atoms with Crippen molar-refractivity contribution in [2.75, 3.05) is 13.1 Å². The maximum atomic E-state index is 12.8. The molecule has 0 aliphatic carbocycles. The van der Waals surface area contributed by atoms with Gasteiger partial charge in [0, 0.05) is 24.0 Å². The van der Waals surface area contributed by atoms with Gasteiger partial charge in [0.25, 0.3) is 0 Å². The van der Waals surface area contributed by atoms with Crippen LogP contribution in [0.15, 0.2) is 17.0 Å². The molecule has 0 spiro atoms. The molecule has 2 atom stereocenters. The van der Waals surface area contributed by atoms with E-state index in [1.54, 1.807) is 0 Å². The van der Waals surface area contributed by atoms with Crippen LogP contribution in [0.3, 0.4) is 0 Å². The Labute approximate surface area is 140 Å². The molecule has 0 N–H and O–H groups in total. The first-order valence-electron chi connectivity index (χ1n) is 6.45. The zero-order valence-corrected chi connectivity index (χ0v) is 14.7. The standard InChI is InChI=1S/C13H16Cl3NO3S/c1-8-6-17(7-9(2)20-8)21(18,19)13-3-10(5-14)11(15)4-12(13)16/h3-4,8-9H,5-7H2,1-2H3/t8-,9+. The lowest BCUT2D eigenvalue weighted by Gasteiger charge is -2.34. The zero-order valence-electron chi connectivity index (χ0n) is 11.6. The van der Waals surface area contributed by atoms with Crippen molar-refractivity contribution in [1.29, 1.82) is 0 Å². The summed E-state index contributed by atoms with van der Waals surface area (Å²) in [6, 6.07) is 2.86. The average Bonchev–Trinajstić information content (AvgIpc) is 2.37. The number of halogens is 3. The minimum absolute atomic E-state index is 0.0329. The third-order valence-electron chi connectivity index (χ3n) is 3.25. The Morgan fingerprint density at radius 1 is 1.19 bits per heavy atom. The summed E-state index contributed by atoms with van der Waals surface area (Å²) >= 11 is 17.8. The van der Waals surface area contributed by atoms with Gasteiger partial charge in [-0.2, -0.15) is 4.31 Å². The molecule has 1 aliphatic rings. The molecule has 1 fully saturated rings. The van der Waals surface area contributed by atoms with Crippen molar-refractivity contribution in [3.63, 3.8) is 0 Å². The first-order chi connectivity index (χ1) is 9.75. The fourth-order valence-electron chi connectivity index (χ4n) is 2.34. The maximum absolute atomic E-state index is 12.8. The summed E-state index contributed by atoms with van der Waals surface area (Å²) in [5, 5.41) is 0.457. The van der Waals surface area contributed by atoms with Crippen LogP contribution in [0, 0.1) is 0 Å². The second-order valence-electron chi connectivity index (χ2n) is 5.09. The monoisotopic (exact) mass is 371 g/mol. The SMILES string of the molecule is C[C@@H]1CN(S(=O)(=O)c2cc(CCl)c(Cl)cc2Cl)C[C@H](C)O1. The normalized spacial score (nSPS) is 24.2. The lowest BCUT2D eigenvalue weighted by molar-refractivity contribution is -0.0440. The third kappa shape index (κ3) is 3.66. The molecule has 1 aromatic rings. The lowest BCUT2D eigenvalue weighted by atomic mass is 10.2. The quantitative estimate of drug-likeness (QED) is 0.763. The van der Waals surface area contributed by atoms with Gasteiger partial charge in [-0.25, -0.2) is 8.42 Å². The van der Waals surface area contributed by atoms with Gasteiger partial charge in [0.1, 0.15) is 4.90 Å². The Morgan fingerprint density at radius 3 is 2.29 bits per heavy atom. The minimum Gasteiger partial charge on any atom is -0.373 e. The second kappa shape index (κ2) is 6.60. The summed E-state index contributed by atoms with van der Waals surface area (Å²) in [4.78, 5) is 0.0329. The first kappa shape index (κ1) is 17.3. The molecule has 1 aromatic carbocycles. The van der Waals surface area contributed by atoms with Gasteiger partial charge in [0.05, 0.1) is 17.2 Å². The Kier molecular flexibility index (Phi) is 5.45. The predicted octanol–water partition coefficient (Wildman–Crippen LogP) is 3.53. The molecule has 8 heteroatoms. The summed E-state index contributed by atoms with van der Waals surface area (Å²) in [6.07, 6.45) is -0.329. The van der Waals surface area contributed by atoms with Crippen molar-refractivity contribution >= 4 is 44.8 Å². The highest BCUT2D eigenvalue weighted by Gasteiger charge is 2.33. The summed E-state index contributed by atoms with van der Waals surface area (Å²) < 4.78 is 32.5. The molecular weight excluding hydrogens is 357 g/mol. The van der Waals surface area contributed by atoms with Crippen molar-refractivity contribution in [3.8, 4) is 0 Å². The van der Waals surface area contributed by atoms with Crippen molar-refractivity contribution < 1.29 is 13.2 Å². The molecular formula is C13H16Cl3NO3S. The average molecular weight is 373 g/mol. The van der Waals surface area contributed by atoms with Gasteiger partial charge in [-0.1, -0.05) is 23.2 Å². The molecule has 2 rings (SSSR count). The number of nitrogens with zero attached hydrogens (tertiary/aromatic N) is 1. The fourth-order valence-corrected chi connectivity index (χ4v) is 5.06. The van der Waals surface area contributed by atoms with E-state index in [2.05, 4.69) is 0 Å². The summed E-state index contributed by atoms with van der Waals surface area (Å²) in [7, 11) is -3.70. The van der Waals surface area contributed by atoms with E-state index >= 15 is 0 Å². The number of hydrogen-bond acceptors (Lipinski definition) is 3. The van der Waals surface area contributed by atoms with E-state index in [4.69, 9.17) is 39.5 Å². The first-order valence-corrected chi connectivity index (χ1v) is 9.18. The number of alkyl halides is 1. The highest BCUT2D eigenvalue weighted by Crippen LogP contribution is 2.32. The van der Waals surface area contributed by atoms with Crippen LogP contribution in [0.4, 0.5) is 0 Å². The molecule has 0 amide bonds. The van der Waals surface area contributed by atoms with Crippen LogP contribution in [-0.2, 0) is 20.6 Å². The molecule has 0 saturated carbocycles. The highest BCUT2D eigenvalue weighted by molar-refractivity contribution is 7.89. The fraction of sp³-hybridized carbons (Fsp3) is 0.538. The molecule has 0 aromatic heterocycles. The topological polar surface area (TPSA) is 46.6 Å². The van der Waals surface area contributed by atoms with Crippen LogP contribution in [0.5, 0.6) is 0 Å². The van der Waals surface area contributed by atoms with Gasteiger partial charge in [-0.05, 0) is 31.5 Å². The van der Waals surface area contributed by atoms with E-state index in [9.17, 15) is 8.42 Å². The molecule has 4 nitrogen and oxygen atoms in total. The number of sulfonamides is 1. The van der Waals surface area contributed by atoms with Crippen LogP contribution < -0.4 is 0 Å². The van der Waals surface area contributed by atoms with Crippen LogP contribution >= 0.6 is 34.8 Å². The van der Waals surface area contributed by atoms with Crippen LogP contribution in [0.25, 0.3) is 0 Å². The minimum atomic E-state index is -3.70. The van der Waals surface area contributed by atoms with E-state index in [1.165, 1.54) is 16.4 Å². The summed E-state index contributed by atoms with van der Waals surface area (Å²) in [6.45, 7) is 4.27. The number of benzene rings is 1. The number of hydrogen-bond donors (Lipinski definition) is 0. The maximum Gasteiger partial charge on any atom is 0.244 e. The Bertz CT molecular complexity index is 626. The van der Waals surface area contributed by atoms with Crippen molar-refractivity contribution in [3.05, 3.63) is 27.7 Å². The van der Waals surface area contributed by atoms with E-state index in [-0.39, 0.29) is 28.0 Å². The second-order valence-corrected chi connectivity index (χ2v) is 8.08. The van der Waals surface area contributed by atoms with Gasteiger partial charge in [0.2, 0.25) is 10.0 Å². The number of ether oxygens (including phenoxy) is 1. The van der Waals surface area contributed by atoms with Gasteiger partial charge < -0.3 is 4.74 Å². The van der Waals surface area contributed by atoms with E-state index in [0.717, 1.165) is 0 Å². The van der Waals surface area contributed by atoms with E-state index < -0.39 is 10.0 Å². The largest absolute Gasteiger partial charge is 0.373 e. The van der Waals surface area contributed by atoms with Crippen LogP contribution in [-0.4, -0.2) is 38.0 Å². The van der Waals surface area contributed by atoms with Crippen molar-refractivity contribution in [1.82, 2.24) is 4.31 Å².